The summed E-state index contributed by atoms with van der Waals surface area (Å²) in [5.74, 6) is 6.81. The second-order valence-corrected chi connectivity index (χ2v) is 4.69. The van der Waals surface area contributed by atoms with Crippen molar-refractivity contribution in [2.24, 2.45) is 5.73 Å². The SMILES string of the molecule is CC#CCCOc1c(C)cc(Br)cc1CCN. The molecule has 0 heterocycles. The van der Waals surface area contributed by atoms with Gasteiger partial charge in [-0.15, -0.1) is 11.8 Å². The smallest absolute Gasteiger partial charge is 0.125 e. The summed E-state index contributed by atoms with van der Waals surface area (Å²) in [7, 11) is 0. The van der Waals surface area contributed by atoms with Gasteiger partial charge in [-0.1, -0.05) is 15.9 Å². The fraction of sp³-hybridized carbons (Fsp3) is 0.429. The first kappa shape index (κ1) is 14.1. The summed E-state index contributed by atoms with van der Waals surface area (Å²) in [4.78, 5) is 0. The minimum atomic E-state index is 0.626. The Kier molecular flexibility index (Phi) is 6.10. The maximum Gasteiger partial charge on any atom is 0.125 e. The van der Waals surface area contributed by atoms with Crippen molar-refractivity contribution in [3.63, 3.8) is 0 Å². The normalized spacial score (nSPS) is 9.65. The molecule has 0 bridgehead atoms. The van der Waals surface area contributed by atoms with E-state index >= 15 is 0 Å². The Hall–Kier alpha value is -0.980. The third-order valence-electron chi connectivity index (χ3n) is 2.38. The van der Waals surface area contributed by atoms with Gasteiger partial charge in [0.15, 0.2) is 0 Å². The standard InChI is InChI=1S/C14H18BrNO/c1-3-4-5-8-17-14-11(2)9-13(15)10-12(14)6-7-16/h9-10H,5-8,16H2,1-2H3. The molecule has 17 heavy (non-hydrogen) atoms. The summed E-state index contributed by atoms with van der Waals surface area (Å²) >= 11 is 3.49. The minimum absolute atomic E-state index is 0.626. The molecule has 0 aliphatic heterocycles. The molecule has 0 fully saturated rings. The molecule has 1 aromatic carbocycles. The lowest BCUT2D eigenvalue weighted by molar-refractivity contribution is 0.321. The number of aryl methyl sites for hydroxylation is 1. The van der Waals surface area contributed by atoms with Crippen LogP contribution in [0.3, 0.4) is 0 Å². The average molecular weight is 296 g/mol. The van der Waals surface area contributed by atoms with Gasteiger partial charge < -0.3 is 10.5 Å². The highest BCUT2D eigenvalue weighted by Crippen LogP contribution is 2.28. The van der Waals surface area contributed by atoms with Crippen LogP contribution in [0.15, 0.2) is 16.6 Å². The summed E-state index contributed by atoms with van der Waals surface area (Å²) in [6.45, 7) is 5.14. The average Bonchev–Trinajstić information content (AvgIpc) is 2.27. The number of benzene rings is 1. The maximum absolute atomic E-state index is 5.80. The molecule has 2 nitrogen and oxygen atoms in total. The molecule has 0 atom stereocenters. The monoisotopic (exact) mass is 295 g/mol. The predicted molar refractivity (Wildman–Crippen MR) is 75.2 cm³/mol. The Bertz CT molecular complexity index is 432. The van der Waals surface area contributed by atoms with Gasteiger partial charge in [-0.25, -0.2) is 0 Å². The van der Waals surface area contributed by atoms with Gasteiger partial charge in [-0.2, -0.15) is 0 Å². The van der Waals surface area contributed by atoms with E-state index in [4.69, 9.17) is 10.5 Å². The van der Waals surface area contributed by atoms with Gasteiger partial charge in [0.2, 0.25) is 0 Å². The van der Waals surface area contributed by atoms with Crippen LogP contribution < -0.4 is 10.5 Å². The first-order valence-corrected chi connectivity index (χ1v) is 6.49. The van der Waals surface area contributed by atoms with Crippen LogP contribution in [0, 0.1) is 18.8 Å². The molecule has 0 radical (unpaired) electrons. The van der Waals surface area contributed by atoms with Crippen LogP contribution in [-0.4, -0.2) is 13.2 Å². The van der Waals surface area contributed by atoms with Crippen molar-refractivity contribution in [2.45, 2.75) is 26.7 Å². The van der Waals surface area contributed by atoms with E-state index in [1.807, 2.05) is 13.8 Å². The lowest BCUT2D eigenvalue weighted by Gasteiger charge is -2.13. The molecule has 0 spiro atoms. The van der Waals surface area contributed by atoms with E-state index in [2.05, 4.69) is 39.9 Å². The minimum Gasteiger partial charge on any atom is -0.492 e. The molecule has 0 aliphatic rings. The summed E-state index contributed by atoms with van der Waals surface area (Å²) in [6, 6.07) is 4.13. The van der Waals surface area contributed by atoms with Crippen molar-refractivity contribution >= 4 is 15.9 Å². The molecule has 0 saturated heterocycles. The van der Waals surface area contributed by atoms with E-state index in [0.717, 1.165) is 34.2 Å². The zero-order chi connectivity index (χ0) is 12.7. The lowest BCUT2D eigenvalue weighted by Crippen LogP contribution is -2.07. The first-order chi connectivity index (χ1) is 8.19. The van der Waals surface area contributed by atoms with E-state index < -0.39 is 0 Å². The molecule has 0 unspecified atom stereocenters. The molecule has 0 aromatic heterocycles. The van der Waals surface area contributed by atoms with Crippen molar-refractivity contribution in [2.75, 3.05) is 13.2 Å². The largest absolute Gasteiger partial charge is 0.492 e. The van der Waals surface area contributed by atoms with Crippen molar-refractivity contribution in [1.82, 2.24) is 0 Å². The topological polar surface area (TPSA) is 35.2 Å². The van der Waals surface area contributed by atoms with Crippen LogP contribution in [0.5, 0.6) is 5.75 Å². The molecule has 0 amide bonds. The van der Waals surface area contributed by atoms with Gasteiger partial charge in [-0.05, 0) is 50.1 Å². The first-order valence-electron chi connectivity index (χ1n) is 5.70. The number of ether oxygens (including phenoxy) is 1. The third kappa shape index (κ3) is 4.41. The van der Waals surface area contributed by atoms with Crippen molar-refractivity contribution in [3.8, 4) is 17.6 Å². The van der Waals surface area contributed by atoms with Gasteiger partial charge in [-0.3, -0.25) is 0 Å². The van der Waals surface area contributed by atoms with Crippen LogP contribution in [0.1, 0.15) is 24.5 Å². The second kappa shape index (κ2) is 7.37. The molecule has 2 N–H and O–H groups in total. The zero-order valence-corrected chi connectivity index (χ0v) is 11.9. The van der Waals surface area contributed by atoms with E-state index in [1.165, 1.54) is 0 Å². The number of hydrogen-bond acceptors (Lipinski definition) is 2. The summed E-state index contributed by atoms with van der Waals surface area (Å²) < 4.78 is 6.87. The Morgan fingerprint density at radius 2 is 2.18 bits per heavy atom. The predicted octanol–water partition coefficient (Wildman–Crippen LogP) is 3.05. The van der Waals surface area contributed by atoms with Crippen molar-refractivity contribution < 1.29 is 4.74 Å². The molecule has 92 valence electrons. The van der Waals surface area contributed by atoms with Crippen molar-refractivity contribution in [3.05, 3.63) is 27.7 Å². The molecular formula is C14H18BrNO. The van der Waals surface area contributed by atoms with Gasteiger partial charge in [0.1, 0.15) is 5.75 Å². The van der Waals surface area contributed by atoms with E-state index in [0.29, 0.717) is 13.2 Å². The molecule has 3 heteroatoms. The Labute approximate surface area is 112 Å². The lowest BCUT2D eigenvalue weighted by atomic mass is 10.1. The Morgan fingerprint density at radius 3 is 2.82 bits per heavy atom. The summed E-state index contributed by atoms with van der Waals surface area (Å²) in [5, 5.41) is 0. The van der Waals surface area contributed by atoms with Crippen LogP contribution in [0.2, 0.25) is 0 Å². The highest BCUT2D eigenvalue weighted by atomic mass is 79.9. The van der Waals surface area contributed by atoms with E-state index in [-0.39, 0.29) is 0 Å². The number of hydrogen-bond donors (Lipinski definition) is 1. The molecule has 0 aliphatic carbocycles. The quantitative estimate of drug-likeness (QED) is 0.669. The third-order valence-corrected chi connectivity index (χ3v) is 2.84. The van der Waals surface area contributed by atoms with Crippen molar-refractivity contribution in [1.29, 1.82) is 0 Å². The van der Waals surface area contributed by atoms with Crippen LogP contribution >= 0.6 is 15.9 Å². The highest BCUT2D eigenvalue weighted by Gasteiger charge is 2.08. The molecule has 1 aromatic rings. The number of nitrogens with two attached hydrogens (primary N) is 1. The van der Waals surface area contributed by atoms with Crippen LogP contribution in [0.4, 0.5) is 0 Å². The van der Waals surface area contributed by atoms with Gasteiger partial charge in [0, 0.05) is 10.9 Å². The summed E-state index contributed by atoms with van der Waals surface area (Å²) in [5.41, 5.74) is 7.90. The molecule has 0 saturated carbocycles. The Morgan fingerprint density at radius 1 is 1.41 bits per heavy atom. The maximum atomic E-state index is 5.80. The molecular weight excluding hydrogens is 278 g/mol. The summed E-state index contributed by atoms with van der Waals surface area (Å²) in [6.07, 6.45) is 1.59. The Balaban J connectivity index is 2.82. The van der Waals surface area contributed by atoms with E-state index in [1.54, 1.807) is 0 Å². The number of rotatable bonds is 5. The van der Waals surface area contributed by atoms with E-state index in [9.17, 15) is 0 Å². The fourth-order valence-corrected chi connectivity index (χ4v) is 2.30. The highest BCUT2D eigenvalue weighted by molar-refractivity contribution is 9.10. The second-order valence-electron chi connectivity index (χ2n) is 3.77. The number of halogens is 1. The van der Waals surface area contributed by atoms with Gasteiger partial charge >= 0.3 is 0 Å². The van der Waals surface area contributed by atoms with Crippen LogP contribution in [-0.2, 0) is 6.42 Å². The van der Waals surface area contributed by atoms with Gasteiger partial charge in [0.25, 0.3) is 0 Å². The zero-order valence-electron chi connectivity index (χ0n) is 10.3. The molecule has 1 rings (SSSR count). The fourth-order valence-electron chi connectivity index (χ4n) is 1.68. The van der Waals surface area contributed by atoms with Gasteiger partial charge in [0.05, 0.1) is 6.61 Å². The van der Waals surface area contributed by atoms with Crippen LogP contribution in [0.25, 0.3) is 0 Å².